The third-order valence-corrected chi connectivity index (χ3v) is 6.40. The number of anilines is 1. The highest BCUT2D eigenvalue weighted by Gasteiger charge is 2.36. The molecule has 2 saturated heterocycles. The fourth-order valence-corrected chi connectivity index (χ4v) is 3.96. The van der Waals surface area contributed by atoms with Crippen molar-refractivity contribution in [3.63, 3.8) is 0 Å². The van der Waals surface area contributed by atoms with E-state index >= 15 is 0 Å². The lowest BCUT2D eigenvalue weighted by Gasteiger charge is -2.45. The predicted molar refractivity (Wildman–Crippen MR) is 103 cm³/mol. The fraction of sp³-hybridized carbons (Fsp3) is 0.700. The van der Waals surface area contributed by atoms with Crippen molar-refractivity contribution in [3.8, 4) is 0 Å². The van der Waals surface area contributed by atoms with Crippen LogP contribution in [0.5, 0.6) is 0 Å². The van der Waals surface area contributed by atoms with Gasteiger partial charge in [-0.3, -0.25) is 9.69 Å². The fourth-order valence-electron chi connectivity index (χ4n) is 3.96. The highest BCUT2D eigenvalue weighted by molar-refractivity contribution is 5.90. The van der Waals surface area contributed by atoms with E-state index < -0.39 is 5.91 Å². The molecule has 3 heterocycles. The number of rotatable bonds is 5. The van der Waals surface area contributed by atoms with Crippen LogP contribution in [0.15, 0.2) is 18.3 Å². The van der Waals surface area contributed by atoms with Gasteiger partial charge in [-0.1, -0.05) is 27.2 Å². The highest BCUT2D eigenvalue weighted by Crippen LogP contribution is 2.37. The van der Waals surface area contributed by atoms with Gasteiger partial charge >= 0.3 is 0 Å². The summed E-state index contributed by atoms with van der Waals surface area (Å²) in [6.07, 6.45) is 4.17. The van der Waals surface area contributed by atoms with Gasteiger partial charge in [0, 0.05) is 32.2 Å². The monoisotopic (exact) mass is 360 g/mol. The number of nitrogens with zero attached hydrogens (tertiary/aromatic N) is 3. The van der Waals surface area contributed by atoms with Crippen molar-refractivity contribution in [2.24, 2.45) is 17.1 Å². The van der Waals surface area contributed by atoms with Crippen LogP contribution >= 0.6 is 0 Å². The Morgan fingerprint density at radius 1 is 1.27 bits per heavy atom. The minimum atomic E-state index is -0.483. The van der Waals surface area contributed by atoms with Crippen LogP contribution in [-0.2, 0) is 4.74 Å². The van der Waals surface area contributed by atoms with Gasteiger partial charge in [0.15, 0.2) is 0 Å². The van der Waals surface area contributed by atoms with Crippen molar-refractivity contribution in [1.82, 2.24) is 9.88 Å². The number of primary amides is 1. The molecule has 1 amide bonds. The highest BCUT2D eigenvalue weighted by atomic mass is 16.5. The van der Waals surface area contributed by atoms with Crippen LogP contribution in [0.25, 0.3) is 0 Å². The number of pyridine rings is 1. The van der Waals surface area contributed by atoms with E-state index in [0.29, 0.717) is 23.1 Å². The standard InChI is InChI=1S/C20H32N4O2/c1-4-20(2,3)15-11-17(14-26-13-15)24-9-7-23(8-10-24)16-5-6-18(19(21)25)22-12-16/h5-6,12,15,17H,4,7-11,13-14H2,1-3H3,(H2,21,25). The minimum Gasteiger partial charge on any atom is -0.380 e. The predicted octanol–water partition coefficient (Wildman–Crippen LogP) is 2.14. The summed E-state index contributed by atoms with van der Waals surface area (Å²) in [4.78, 5) is 20.2. The third kappa shape index (κ3) is 4.18. The maximum atomic E-state index is 11.2. The lowest BCUT2D eigenvalue weighted by Crippen LogP contribution is -2.54. The SMILES string of the molecule is CCC(C)(C)C1COCC(N2CCN(c3ccc(C(N)=O)nc3)CC2)C1. The summed E-state index contributed by atoms with van der Waals surface area (Å²) in [5, 5.41) is 0. The number of piperazine rings is 1. The number of hydrogen-bond donors (Lipinski definition) is 1. The van der Waals surface area contributed by atoms with Crippen molar-refractivity contribution in [3.05, 3.63) is 24.0 Å². The zero-order valence-electron chi connectivity index (χ0n) is 16.3. The average molecular weight is 361 g/mol. The number of hydrogen-bond acceptors (Lipinski definition) is 5. The van der Waals surface area contributed by atoms with Gasteiger partial charge in [-0.15, -0.1) is 0 Å². The maximum Gasteiger partial charge on any atom is 0.267 e. The van der Waals surface area contributed by atoms with Crippen LogP contribution in [0, 0.1) is 11.3 Å². The smallest absolute Gasteiger partial charge is 0.267 e. The summed E-state index contributed by atoms with van der Waals surface area (Å²) in [5.41, 5.74) is 6.97. The molecule has 144 valence electrons. The van der Waals surface area contributed by atoms with Gasteiger partial charge in [-0.25, -0.2) is 4.98 Å². The Morgan fingerprint density at radius 3 is 2.58 bits per heavy atom. The van der Waals surface area contributed by atoms with E-state index in [4.69, 9.17) is 10.5 Å². The molecule has 2 atom stereocenters. The van der Waals surface area contributed by atoms with Gasteiger partial charge in [0.1, 0.15) is 5.69 Å². The zero-order chi connectivity index (χ0) is 18.7. The molecule has 2 fully saturated rings. The third-order valence-electron chi connectivity index (χ3n) is 6.40. The van der Waals surface area contributed by atoms with E-state index in [9.17, 15) is 4.79 Å². The first-order valence-corrected chi connectivity index (χ1v) is 9.73. The van der Waals surface area contributed by atoms with Crippen molar-refractivity contribution >= 4 is 11.6 Å². The molecule has 0 spiro atoms. The summed E-state index contributed by atoms with van der Waals surface area (Å²) < 4.78 is 5.97. The van der Waals surface area contributed by atoms with Crippen LogP contribution in [-0.4, -0.2) is 61.2 Å². The maximum absolute atomic E-state index is 11.2. The number of nitrogens with two attached hydrogens (primary N) is 1. The molecule has 2 aliphatic rings. The van der Waals surface area contributed by atoms with Crippen LogP contribution in [0.1, 0.15) is 44.1 Å². The number of ether oxygens (including phenoxy) is 1. The van der Waals surface area contributed by atoms with Gasteiger partial charge in [0.2, 0.25) is 0 Å². The molecule has 26 heavy (non-hydrogen) atoms. The Labute approximate surface area is 156 Å². The molecule has 0 radical (unpaired) electrons. The Morgan fingerprint density at radius 2 is 2.00 bits per heavy atom. The van der Waals surface area contributed by atoms with E-state index in [2.05, 4.69) is 35.6 Å². The topological polar surface area (TPSA) is 71.7 Å². The van der Waals surface area contributed by atoms with Gasteiger partial charge in [0.05, 0.1) is 25.1 Å². The van der Waals surface area contributed by atoms with Crippen LogP contribution < -0.4 is 10.6 Å². The van der Waals surface area contributed by atoms with Gasteiger partial charge in [-0.2, -0.15) is 0 Å². The van der Waals surface area contributed by atoms with Crippen LogP contribution in [0.2, 0.25) is 0 Å². The summed E-state index contributed by atoms with van der Waals surface area (Å²) in [5.74, 6) is 0.151. The number of aromatic nitrogens is 1. The Kier molecular flexibility index (Phi) is 5.82. The Balaban J connectivity index is 1.55. The Hall–Kier alpha value is -1.66. The van der Waals surface area contributed by atoms with E-state index in [1.54, 1.807) is 12.3 Å². The molecular formula is C20H32N4O2. The van der Waals surface area contributed by atoms with E-state index in [1.165, 1.54) is 12.8 Å². The summed E-state index contributed by atoms with van der Waals surface area (Å²) in [6.45, 7) is 12.8. The molecule has 3 rings (SSSR count). The number of carbonyl (C=O) groups is 1. The quantitative estimate of drug-likeness (QED) is 0.871. The lowest BCUT2D eigenvalue weighted by molar-refractivity contribution is -0.0504. The zero-order valence-corrected chi connectivity index (χ0v) is 16.3. The molecular weight excluding hydrogens is 328 g/mol. The summed E-state index contributed by atoms with van der Waals surface area (Å²) >= 11 is 0. The second kappa shape index (κ2) is 7.92. The second-order valence-electron chi connectivity index (χ2n) is 8.25. The summed E-state index contributed by atoms with van der Waals surface area (Å²) in [6, 6.07) is 4.17. The largest absolute Gasteiger partial charge is 0.380 e. The van der Waals surface area contributed by atoms with Crippen LogP contribution in [0.3, 0.4) is 0 Å². The van der Waals surface area contributed by atoms with Crippen molar-refractivity contribution in [2.75, 3.05) is 44.3 Å². The molecule has 2 aliphatic heterocycles. The molecule has 6 nitrogen and oxygen atoms in total. The first kappa shape index (κ1) is 19.1. The second-order valence-corrected chi connectivity index (χ2v) is 8.25. The molecule has 1 aromatic heterocycles. The van der Waals surface area contributed by atoms with Crippen molar-refractivity contribution in [1.29, 1.82) is 0 Å². The normalized spacial score (nSPS) is 25.3. The van der Waals surface area contributed by atoms with E-state index in [-0.39, 0.29) is 0 Å². The average Bonchev–Trinajstić information content (AvgIpc) is 2.68. The van der Waals surface area contributed by atoms with Gasteiger partial charge < -0.3 is 15.4 Å². The molecule has 0 aromatic carbocycles. The molecule has 2 N–H and O–H groups in total. The van der Waals surface area contributed by atoms with Crippen molar-refractivity contribution in [2.45, 2.75) is 39.7 Å². The van der Waals surface area contributed by atoms with E-state index in [1.807, 2.05) is 6.07 Å². The molecule has 6 heteroatoms. The molecule has 2 unspecified atom stereocenters. The minimum absolute atomic E-state index is 0.316. The van der Waals surface area contributed by atoms with Crippen LogP contribution in [0.4, 0.5) is 5.69 Å². The van der Waals surface area contributed by atoms with Crippen molar-refractivity contribution < 1.29 is 9.53 Å². The van der Waals surface area contributed by atoms with Gasteiger partial charge in [-0.05, 0) is 29.9 Å². The lowest BCUT2D eigenvalue weighted by atomic mass is 9.73. The summed E-state index contributed by atoms with van der Waals surface area (Å²) in [7, 11) is 0. The Bertz CT molecular complexity index is 609. The first-order valence-electron chi connectivity index (χ1n) is 9.73. The number of amides is 1. The van der Waals surface area contributed by atoms with E-state index in [0.717, 1.165) is 45.1 Å². The number of carbonyl (C=O) groups excluding carboxylic acids is 1. The molecule has 0 aliphatic carbocycles. The molecule has 0 saturated carbocycles. The first-order chi connectivity index (χ1) is 12.4. The molecule has 0 bridgehead atoms. The van der Waals surface area contributed by atoms with Gasteiger partial charge in [0.25, 0.3) is 5.91 Å². The molecule has 1 aromatic rings.